The van der Waals surface area contributed by atoms with Crippen molar-refractivity contribution < 1.29 is 17.6 Å². The van der Waals surface area contributed by atoms with E-state index in [0.29, 0.717) is 22.3 Å². The smallest absolute Gasteiger partial charge is 0.398 e. The normalized spacial score (nSPS) is 11.7. The van der Waals surface area contributed by atoms with E-state index < -0.39 is 11.7 Å². The minimum Gasteiger partial charge on any atom is -0.398 e. The van der Waals surface area contributed by atoms with Crippen LogP contribution >= 0.6 is 0 Å². The van der Waals surface area contributed by atoms with Gasteiger partial charge in [0.2, 0.25) is 0 Å². The highest BCUT2D eigenvalue weighted by Gasteiger charge is 2.31. The van der Waals surface area contributed by atoms with Crippen molar-refractivity contribution in [2.24, 2.45) is 0 Å². The summed E-state index contributed by atoms with van der Waals surface area (Å²) in [5.41, 5.74) is 7.37. The fourth-order valence-corrected chi connectivity index (χ4v) is 2.30. The number of nitrogens with two attached hydrogens (primary N) is 1. The standard InChI is InChI=1S/C15H13F4N/c1-8-5-11(16)6-9(2)14(8)12-4-3-10(7-13(12)20)15(17,18)19/h3-7H,20H2,1-2H3. The lowest BCUT2D eigenvalue weighted by molar-refractivity contribution is -0.137. The molecule has 0 saturated carbocycles. The van der Waals surface area contributed by atoms with Gasteiger partial charge < -0.3 is 5.73 Å². The predicted octanol–water partition coefficient (Wildman–Crippen LogP) is 4.71. The van der Waals surface area contributed by atoms with Crippen molar-refractivity contribution >= 4 is 5.69 Å². The second-order valence-electron chi connectivity index (χ2n) is 4.71. The van der Waals surface area contributed by atoms with Crippen molar-refractivity contribution in [2.75, 3.05) is 5.73 Å². The van der Waals surface area contributed by atoms with Crippen LogP contribution in [-0.2, 0) is 6.18 Å². The molecule has 0 radical (unpaired) electrons. The van der Waals surface area contributed by atoms with Crippen LogP contribution in [0.25, 0.3) is 11.1 Å². The van der Waals surface area contributed by atoms with E-state index in [1.54, 1.807) is 13.8 Å². The van der Waals surface area contributed by atoms with Crippen molar-refractivity contribution in [1.82, 2.24) is 0 Å². The van der Waals surface area contributed by atoms with Crippen LogP contribution in [-0.4, -0.2) is 0 Å². The van der Waals surface area contributed by atoms with Crippen LogP contribution in [0.3, 0.4) is 0 Å². The Labute approximate surface area is 114 Å². The number of halogens is 4. The van der Waals surface area contributed by atoms with Gasteiger partial charge in [-0.3, -0.25) is 0 Å². The van der Waals surface area contributed by atoms with E-state index in [-0.39, 0.29) is 11.5 Å². The second-order valence-corrected chi connectivity index (χ2v) is 4.71. The number of nitrogen functional groups attached to an aromatic ring is 1. The highest BCUT2D eigenvalue weighted by Crippen LogP contribution is 2.37. The Balaban J connectivity index is 2.61. The van der Waals surface area contributed by atoms with Gasteiger partial charge in [0.15, 0.2) is 0 Å². The maximum Gasteiger partial charge on any atom is 0.416 e. The predicted molar refractivity (Wildman–Crippen MR) is 70.7 cm³/mol. The van der Waals surface area contributed by atoms with Crippen molar-refractivity contribution in [1.29, 1.82) is 0 Å². The molecule has 0 heterocycles. The van der Waals surface area contributed by atoms with E-state index in [0.717, 1.165) is 12.1 Å². The van der Waals surface area contributed by atoms with Gasteiger partial charge in [0.05, 0.1) is 5.56 Å². The molecule has 20 heavy (non-hydrogen) atoms. The monoisotopic (exact) mass is 283 g/mol. The maximum absolute atomic E-state index is 13.3. The maximum atomic E-state index is 13.3. The van der Waals surface area contributed by atoms with Gasteiger partial charge in [-0.1, -0.05) is 6.07 Å². The lowest BCUT2D eigenvalue weighted by atomic mass is 9.93. The number of alkyl halides is 3. The summed E-state index contributed by atoms with van der Waals surface area (Å²) in [7, 11) is 0. The molecule has 106 valence electrons. The van der Waals surface area contributed by atoms with Gasteiger partial charge in [-0.15, -0.1) is 0 Å². The zero-order chi connectivity index (χ0) is 15.1. The molecule has 1 nitrogen and oxygen atoms in total. The summed E-state index contributed by atoms with van der Waals surface area (Å²) >= 11 is 0. The molecule has 2 aromatic carbocycles. The Bertz CT molecular complexity index is 636. The first-order valence-electron chi connectivity index (χ1n) is 5.94. The van der Waals surface area contributed by atoms with E-state index in [2.05, 4.69) is 0 Å². The van der Waals surface area contributed by atoms with Crippen LogP contribution in [0.1, 0.15) is 16.7 Å². The Morgan fingerprint density at radius 1 is 0.950 bits per heavy atom. The number of anilines is 1. The molecule has 2 aromatic rings. The SMILES string of the molecule is Cc1cc(F)cc(C)c1-c1ccc(C(F)(F)F)cc1N. The van der Waals surface area contributed by atoms with Gasteiger partial charge in [-0.2, -0.15) is 13.2 Å². The van der Waals surface area contributed by atoms with E-state index >= 15 is 0 Å². The van der Waals surface area contributed by atoms with Crippen molar-refractivity contribution in [2.45, 2.75) is 20.0 Å². The van der Waals surface area contributed by atoms with Crippen LogP contribution in [0.4, 0.5) is 23.2 Å². The lowest BCUT2D eigenvalue weighted by Gasteiger charge is -2.15. The lowest BCUT2D eigenvalue weighted by Crippen LogP contribution is -2.06. The Morgan fingerprint density at radius 2 is 1.50 bits per heavy atom. The Morgan fingerprint density at radius 3 is 1.95 bits per heavy atom. The minimum absolute atomic E-state index is 0.0256. The summed E-state index contributed by atoms with van der Waals surface area (Å²) in [6, 6.07) is 5.87. The second kappa shape index (κ2) is 4.81. The Kier molecular flexibility index (Phi) is 3.46. The number of aryl methyl sites for hydroxylation is 2. The average Bonchev–Trinajstić information content (AvgIpc) is 2.28. The van der Waals surface area contributed by atoms with Gasteiger partial charge in [-0.25, -0.2) is 4.39 Å². The molecule has 0 aliphatic rings. The van der Waals surface area contributed by atoms with Crippen molar-refractivity contribution in [3.8, 4) is 11.1 Å². The molecule has 0 fully saturated rings. The summed E-state index contributed by atoms with van der Waals surface area (Å²) < 4.78 is 51.1. The van der Waals surface area contributed by atoms with Gasteiger partial charge in [0.1, 0.15) is 5.82 Å². The van der Waals surface area contributed by atoms with Crippen LogP contribution < -0.4 is 5.73 Å². The highest BCUT2D eigenvalue weighted by atomic mass is 19.4. The number of benzene rings is 2. The van der Waals surface area contributed by atoms with E-state index in [1.165, 1.54) is 18.2 Å². The van der Waals surface area contributed by atoms with Crippen molar-refractivity contribution in [3.05, 3.63) is 52.8 Å². The van der Waals surface area contributed by atoms with Crippen LogP contribution in [0.5, 0.6) is 0 Å². The average molecular weight is 283 g/mol. The largest absolute Gasteiger partial charge is 0.416 e. The first kappa shape index (κ1) is 14.4. The summed E-state index contributed by atoms with van der Waals surface area (Å²) in [4.78, 5) is 0. The summed E-state index contributed by atoms with van der Waals surface area (Å²) in [6.45, 7) is 3.39. The summed E-state index contributed by atoms with van der Waals surface area (Å²) in [5, 5.41) is 0. The quantitative estimate of drug-likeness (QED) is 0.595. The topological polar surface area (TPSA) is 26.0 Å². The molecule has 0 spiro atoms. The molecule has 0 aromatic heterocycles. The molecule has 0 amide bonds. The number of hydrogen-bond donors (Lipinski definition) is 1. The van der Waals surface area contributed by atoms with Crippen LogP contribution in [0.15, 0.2) is 30.3 Å². The summed E-state index contributed by atoms with van der Waals surface area (Å²) in [6.07, 6.45) is -4.43. The third kappa shape index (κ3) is 2.61. The molecular weight excluding hydrogens is 270 g/mol. The molecule has 0 aliphatic heterocycles. The van der Waals surface area contributed by atoms with Gasteiger partial charge in [0.25, 0.3) is 0 Å². The van der Waals surface area contributed by atoms with Crippen LogP contribution in [0, 0.1) is 19.7 Å². The molecule has 0 atom stereocenters. The third-order valence-corrected chi connectivity index (χ3v) is 3.15. The minimum atomic E-state index is -4.43. The highest BCUT2D eigenvalue weighted by molar-refractivity contribution is 5.81. The first-order chi connectivity index (χ1) is 9.20. The number of rotatable bonds is 1. The first-order valence-corrected chi connectivity index (χ1v) is 5.94. The van der Waals surface area contributed by atoms with E-state index in [1.807, 2.05) is 0 Å². The summed E-state index contributed by atoms with van der Waals surface area (Å²) in [5.74, 6) is -0.380. The molecule has 2 N–H and O–H groups in total. The third-order valence-electron chi connectivity index (χ3n) is 3.15. The molecule has 0 unspecified atom stereocenters. The zero-order valence-corrected chi connectivity index (χ0v) is 11.0. The molecule has 5 heteroatoms. The van der Waals surface area contributed by atoms with Crippen LogP contribution in [0.2, 0.25) is 0 Å². The van der Waals surface area contributed by atoms with Gasteiger partial charge in [0, 0.05) is 11.3 Å². The van der Waals surface area contributed by atoms with Gasteiger partial charge in [-0.05, 0) is 54.8 Å². The molecule has 2 rings (SSSR count). The molecule has 0 bridgehead atoms. The molecule has 0 aliphatic carbocycles. The Hall–Kier alpha value is -2.04. The molecular formula is C15H13F4N. The number of hydrogen-bond acceptors (Lipinski definition) is 1. The zero-order valence-electron chi connectivity index (χ0n) is 11.0. The molecule has 0 saturated heterocycles. The fraction of sp³-hybridized carbons (Fsp3) is 0.200. The van der Waals surface area contributed by atoms with E-state index in [4.69, 9.17) is 5.73 Å². The van der Waals surface area contributed by atoms with Crippen molar-refractivity contribution in [3.63, 3.8) is 0 Å². The van der Waals surface area contributed by atoms with Gasteiger partial charge >= 0.3 is 6.18 Å². The fourth-order valence-electron chi connectivity index (χ4n) is 2.30. The van der Waals surface area contributed by atoms with E-state index in [9.17, 15) is 17.6 Å².